The van der Waals surface area contributed by atoms with Gasteiger partial charge in [-0.3, -0.25) is 0 Å². The molecule has 172 valence electrons. The standard InChI is InChI=1S/C26H32Cl2N2O2/c1-18-2-5-25(22(14-18)26(31)32)30-12-8-20(9-13-30)17-29-10-6-19(7-11-29)15-21-3-4-23(27)24(28)16-21/h2-5,14,16,19-20H,6-13,15,17H2,1H3,(H,31,32). The summed E-state index contributed by atoms with van der Waals surface area (Å²) in [5, 5.41) is 10.9. The van der Waals surface area contributed by atoms with E-state index in [1.54, 1.807) is 6.07 Å². The maximum atomic E-state index is 11.7. The molecule has 6 heteroatoms. The van der Waals surface area contributed by atoms with E-state index < -0.39 is 5.97 Å². The number of benzene rings is 2. The third-order valence-corrected chi connectivity index (χ3v) is 7.81. The molecule has 0 bridgehead atoms. The zero-order chi connectivity index (χ0) is 22.7. The van der Waals surface area contributed by atoms with Crippen molar-refractivity contribution in [3.8, 4) is 0 Å². The molecule has 0 atom stereocenters. The predicted molar refractivity (Wildman–Crippen MR) is 132 cm³/mol. The van der Waals surface area contributed by atoms with Crippen LogP contribution in [0.2, 0.25) is 10.0 Å². The summed E-state index contributed by atoms with van der Waals surface area (Å²) in [7, 11) is 0. The molecule has 0 saturated carbocycles. The van der Waals surface area contributed by atoms with Crippen LogP contribution < -0.4 is 4.90 Å². The molecular weight excluding hydrogens is 443 g/mol. The Morgan fingerprint density at radius 1 is 0.938 bits per heavy atom. The number of aryl methyl sites for hydroxylation is 1. The normalized spacial score (nSPS) is 18.8. The van der Waals surface area contributed by atoms with Gasteiger partial charge in [0.25, 0.3) is 0 Å². The number of carbonyl (C=O) groups is 1. The summed E-state index contributed by atoms with van der Waals surface area (Å²) in [6, 6.07) is 11.8. The van der Waals surface area contributed by atoms with Crippen molar-refractivity contribution >= 4 is 34.9 Å². The van der Waals surface area contributed by atoms with E-state index in [0.29, 0.717) is 27.4 Å². The average molecular weight is 475 g/mol. The maximum absolute atomic E-state index is 11.7. The van der Waals surface area contributed by atoms with Crippen LogP contribution >= 0.6 is 23.2 Å². The Labute approximate surface area is 201 Å². The summed E-state index contributed by atoms with van der Waals surface area (Å²) >= 11 is 12.2. The zero-order valence-electron chi connectivity index (χ0n) is 18.7. The van der Waals surface area contributed by atoms with Crippen molar-refractivity contribution in [1.29, 1.82) is 0 Å². The first-order valence-electron chi connectivity index (χ1n) is 11.6. The molecule has 0 unspecified atom stereocenters. The number of halogens is 2. The van der Waals surface area contributed by atoms with E-state index in [4.69, 9.17) is 23.2 Å². The first-order valence-corrected chi connectivity index (χ1v) is 12.4. The van der Waals surface area contributed by atoms with Crippen molar-refractivity contribution in [3.05, 3.63) is 63.1 Å². The lowest BCUT2D eigenvalue weighted by Crippen LogP contribution is -2.42. The third-order valence-electron chi connectivity index (χ3n) is 7.07. The van der Waals surface area contributed by atoms with Crippen molar-refractivity contribution in [2.75, 3.05) is 37.6 Å². The van der Waals surface area contributed by atoms with Gasteiger partial charge in [-0.05, 0) is 93.8 Å². The first-order chi connectivity index (χ1) is 15.4. The molecule has 0 aliphatic carbocycles. The first kappa shape index (κ1) is 23.4. The molecule has 0 radical (unpaired) electrons. The molecule has 2 heterocycles. The lowest BCUT2D eigenvalue weighted by Gasteiger charge is -2.38. The molecule has 2 aromatic carbocycles. The monoisotopic (exact) mass is 474 g/mol. The number of aromatic carboxylic acids is 1. The van der Waals surface area contributed by atoms with Gasteiger partial charge in [0.05, 0.1) is 21.3 Å². The van der Waals surface area contributed by atoms with Crippen molar-refractivity contribution in [3.63, 3.8) is 0 Å². The zero-order valence-corrected chi connectivity index (χ0v) is 20.2. The van der Waals surface area contributed by atoms with E-state index in [9.17, 15) is 9.90 Å². The van der Waals surface area contributed by atoms with Crippen LogP contribution in [0.25, 0.3) is 0 Å². The summed E-state index contributed by atoms with van der Waals surface area (Å²) in [6.45, 7) is 7.29. The molecule has 32 heavy (non-hydrogen) atoms. The van der Waals surface area contributed by atoms with Crippen LogP contribution in [0.5, 0.6) is 0 Å². The highest BCUT2D eigenvalue weighted by molar-refractivity contribution is 6.42. The van der Waals surface area contributed by atoms with Crippen LogP contribution in [0.4, 0.5) is 5.69 Å². The van der Waals surface area contributed by atoms with Crippen molar-refractivity contribution in [1.82, 2.24) is 4.90 Å². The molecule has 0 amide bonds. The van der Waals surface area contributed by atoms with E-state index in [1.165, 1.54) is 18.4 Å². The fourth-order valence-electron chi connectivity index (χ4n) is 5.19. The van der Waals surface area contributed by atoms with Gasteiger partial charge in [-0.1, -0.05) is 40.9 Å². The maximum Gasteiger partial charge on any atom is 0.337 e. The second-order valence-electron chi connectivity index (χ2n) is 9.45. The number of piperidine rings is 2. The molecular formula is C26H32Cl2N2O2. The van der Waals surface area contributed by atoms with Crippen LogP contribution in [0, 0.1) is 18.8 Å². The predicted octanol–water partition coefficient (Wildman–Crippen LogP) is 6.17. The SMILES string of the molecule is Cc1ccc(N2CCC(CN3CCC(Cc4ccc(Cl)c(Cl)c4)CC3)CC2)c(C(=O)O)c1. The number of hydrogen-bond donors (Lipinski definition) is 1. The molecule has 4 rings (SSSR count). The van der Waals surface area contributed by atoms with Crippen LogP contribution in [-0.4, -0.2) is 48.7 Å². The number of rotatable bonds is 6. The third kappa shape index (κ3) is 5.78. The molecule has 2 aromatic rings. The topological polar surface area (TPSA) is 43.8 Å². The minimum atomic E-state index is -0.838. The number of carboxylic acids is 1. The van der Waals surface area contributed by atoms with Gasteiger partial charge in [-0.25, -0.2) is 4.79 Å². The van der Waals surface area contributed by atoms with Gasteiger partial charge >= 0.3 is 5.97 Å². The second-order valence-corrected chi connectivity index (χ2v) is 10.3. The fourth-order valence-corrected chi connectivity index (χ4v) is 5.51. The summed E-state index contributed by atoms with van der Waals surface area (Å²) in [4.78, 5) is 16.5. The van der Waals surface area contributed by atoms with Gasteiger partial charge in [-0.15, -0.1) is 0 Å². The average Bonchev–Trinajstić information content (AvgIpc) is 2.78. The Morgan fingerprint density at radius 2 is 1.62 bits per heavy atom. The summed E-state index contributed by atoms with van der Waals surface area (Å²) < 4.78 is 0. The number of hydrogen-bond acceptors (Lipinski definition) is 3. The van der Waals surface area contributed by atoms with Gasteiger partial charge in [-0.2, -0.15) is 0 Å². The van der Waals surface area contributed by atoms with Crippen LogP contribution in [0.3, 0.4) is 0 Å². The number of nitrogens with zero attached hydrogens (tertiary/aromatic N) is 2. The lowest BCUT2D eigenvalue weighted by atomic mass is 9.89. The Bertz CT molecular complexity index is 949. The largest absolute Gasteiger partial charge is 0.478 e. The van der Waals surface area contributed by atoms with Crippen LogP contribution in [0.15, 0.2) is 36.4 Å². The molecule has 2 aliphatic heterocycles. The van der Waals surface area contributed by atoms with Gasteiger partial charge in [0, 0.05) is 19.6 Å². The van der Waals surface area contributed by atoms with Crippen LogP contribution in [0.1, 0.15) is 47.2 Å². The molecule has 2 saturated heterocycles. The van der Waals surface area contributed by atoms with E-state index in [0.717, 1.165) is 63.2 Å². The van der Waals surface area contributed by atoms with Gasteiger partial charge in [0.15, 0.2) is 0 Å². The molecule has 0 spiro atoms. The Morgan fingerprint density at radius 3 is 2.28 bits per heavy atom. The van der Waals surface area contributed by atoms with Crippen molar-refractivity contribution < 1.29 is 9.90 Å². The highest BCUT2D eigenvalue weighted by Crippen LogP contribution is 2.30. The highest BCUT2D eigenvalue weighted by atomic mass is 35.5. The molecule has 2 aliphatic rings. The second kappa shape index (κ2) is 10.5. The smallest absolute Gasteiger partial charge is 0.337 e. The Hall–Kier alpha value is -1.75. The quantitative estimate of drug-likeness (QED) is 0.543. The van der Waals surface area contributed by atoms with E-state index in [-0.39, 0.29) is 0 Å². The molecule has 4 nitrogen and oxygen atoms in total. The number of carboxylic acid groups (broad SMARTS) is 1. The highest BCUT2D eigenvalue weighted by Gasteiger charge is 2.26. The number of likely N-dealkylation sites (tertiary alicyclic amines) is 1. The van der Waals surface area contributed by atoms with Crippen molar-refractivity contribution in [2.45, 2.75) is 39.0 Å². The van der Waals surface area contributed by atoms with E-state index in [1.807, 2.05) is 31.2 Å². The Balaban J connectivity index is 1.23. The van der Waals surface area contributed by atoms with Gasteiger partial charge < -0.3 is 14.9 Å². The van der Waals surface area contributed by atoms with Gasteiger partial charge in [0.1, 0.15) is 0 Å². The summed E-state index contributed by atoms with van der Waals surface area (Å²) in [5.41, 5.74) is 3.56. The lowest BCUT2D eigenvalue weighted by molar-refractivity contribution is 0.0697. The van der Waals surface area contributed by atoms with Crippen LogP contribution in [-0.2, 0) is 6.42 Å². The van der Waals surface area contributed by atoms with E-state index >= 15 is 0 Å². The van der Waals surface area contributed by atoms with Gasteiger partial charge in [0.2, 0.25) is 0 Å². The molecule has 1 N–H and O–H groups in total. The fraction of sp³-hybridized carbons (Fsp3) is 0.500. The van der Waals surface area contributed by atoms with Crippen molar-refractivity contribution in [2.24, 2.45) is 11.8 Å². The van der Waals surface area contributed by atoms with E-state index in [2.05, 4.69) is 15.9 Å². The number of anilines is 1. The Kier molecular flexibility index (Phi) is 7.65. The summed E-state index contributed by atoms with van der Waals surface area (Å²) in [6.07, 6.45) is 5.77. The molecule has 0 aromatic heterocycles. The molecule has 2 fully saturated rings. The summed E-state index contributed by atoms with van der Waals surface area (Å²) in [5.74, 6) is 0.562. The minimum Gasteiger partial charge on any atom is -0.478 e. The minimum absolute atomic E-state index is 0.424.